The molecule has 0 saturated carbocycles. The Kier molecular flexibility index (Phi) is 2.03. The molecule has 4 aromatic heterocycles. The maximum absolute atomic E-state index is 12.8. The van der Waals surface area contributed by atoms with Crippen molar-refractivity contribution in [1.82, 2.24) is 14.4 Å². The highest BCUT2D eigenvalue weighted by Crippen LogP contribution is 2.45. The Labute approximate surface area is 150 Å². The number of fused-ring (bicyclic) bond motifs is 10. The maximum atomic E-state index is 12.8. The molecule has 4 heterocycles. The van der Waals surface area contributed by atoms with Crippen LogP contribution in [0.4, 0.5) is 0 Å². The smallest absolute Gasteiger partial charge is 0.259 e. The molecule has 0 spiro atoms. The van der Waals surface area contributed by atoms with Gasteiger partial charge in [0, 0.05) is 33.1 Å². The summed E-state index contributed by atoms with van der Waals surface area (Å²) in [6.07, 6.45) is 2.03. The van der Waals surface area contributed by atoms with Crippen LogP contribution in [-0.4, -0.2) is 19.5 Å². The number of nitrogens with zero attached hydrogens (tertiary/aromatic N) is 2. The van der Waals surface area contributed by atoms with Gasteiger partial charge in [0.2, 0.25) is 0 Å². The molecule has 27 heavy (non-hydrogen) atoms. The topological polar surface area (TPSA) is 70.4 Å². The van der Waals surface area contributed by atoms with Gasteiger partial charge >= 0.3 is 0 Å². The molecule has 126 valence electrons. The third-order valence-corrected chi connectivity index (χ3v) is 5.77. The van der Waals surface area contributed by atoms with E-state index in [4.69, 9.17) is 4.98 Å². The lowest BCUT2D eigenvalue weighted by molar-refractivity contribution is 0.462. The Hall–Kier alpha value is -3.86. The third kappa shape index (κ3) is 1.33. The largest absolute Gasteiger partial charge is 0.494 e. The van der Waals surface area contributed by atoms with Gasteiger partial charge in [0.25, 0.3) is 5.56 Å². The Morgan fingerprint density at radius 2 is 1.70 bits per heavy atom. The molecule has 0 saturated heterocycles. The van der Waals surface area contributed by atoms with Crippen LogP contribution in [0.25, 0.3) is 59.8 Å². The lowest BCUT2D eigenvalue weighted by atomic mass is 10.0. The average molecular weight is 349 g/mol. The zero-order valence-corrected chi connectivity index (χ0v) is 13.9. The standard InChI is InChI=1S/C22H11N3O2/c26-21-16-14-11-5-1-2-7-13(11)23-18(14)20-15(17(16)22(27)24-21)12-6-3-4-10-8-9-25(20)19(10)12/h1-9H,(H2,24,26,27). The van der Waals surface area contributed by atoms with Crippen LogP contribution in [-0.2, 0) is 0 Å². The summed E-state index contributed by atoms with van der Waals surface area (Å²) in [7, 11) is 0. The molecular formula is C22H11N3O2. The van der Waals surface area contributed by atoms with Gasteiger partial charge in [-0.1, -0.05) is 36.4 Å². The molecule has 0 aliphatic carbocycles. The van der Waals surface area contributed by atoms with Gasteiger partial charge in [-0.25, -0.2) is 4.98 Å². The molecule has 3 aromatic carbocycles. The van der Waals surface area contributed by atoms with Gasteiger partial charge in [-0.05, 0) is 12.1 Å². The van der Waals surface area contributed by atoms with Crippen LogP contribution in [0.2, 0.25) is 0 Å². The minimum Gasteiger partial charge on any atom is -0.494 e. The highest BCUT2D eigenvalue weighted by molar-refractivity contribution is 6.37. The Balaban J connectivity index is 2.02. The molecule has 0 radical (unpaired) electrons. The molecule has 0 unspecified atom stereocenters. The first-order chi connectivity index (χ1) is 13.2. The highest BCUT2D eigenvalue weighted by Gasteiger charge is 2.25. The van der Waals surface area contributed by atoms with E-state index in [9.17, 15) is 9.90 Å². The second-order valence-corrected chi connectivity index (χ2v) is 7.06. The summed E-state index contributed by atoms with van der Waals surface area (Å²) in [5.41, 5.74) is 3.39. The van der Waals surface area contributed by atoms with E-state index in [2.05, 4.69) is 21.5 Å². The second kappa shape index (κ2) is 4.10. The van der Waals surface area contributed by atoms with Crippen molar-refractivity contribution in [3.05, 3.63) is 65.1 Å². The first-order valence-corrected chi connectivity index (χ1v) is 8.77. The molecule has 7 aromatic rings. The van der Waals surface area contributed by atoms with E-state index in [1.165, 1.54) is 0 Å². The number of nitrogens with one attached hydrogen (secondary N) is 1. The minimum atomic E-state index is -0.270. The fourth-order valence-corrected chi connectivity index (χ4v) is 4.77. The van der Waals surface area contributed by atoms with Gasteiger partial charge in [-0.3, -0.25) is 9.78 Å². The molecule has 0 aliphatic rings. The lowest BCUT2D eigenvalue weighted by Crippen LogP contribution is -1.97. The Morgan fingerprint density at radius 3 is 2.63 bits per heavy atom. The minimum absolute atomic E-state index is 0.0929. The fourth-order valence-electron chi connectivity index (χ4n) is 4.77. The zero-order valence-electron chi connectivity index (χ0n) is 13.9. The molecule has 0 bridgehead atoms. The van der Waals surface area contributed by atoms with Crippen molar-refractivity contribution < 1.29 is 5.11 Å². The first kappa shape index (κ1) is 13.4. The fraction of sp³-hybridized carbons (Fsp3) is 0. The number of aromatic nitrogens is 3. The van der Waals surface area contributed by atoms with Crippen molar-refractivity contribution >= 4 is 59.8 Å². The van der Waals surface area contributed by atoms with Crippen LogP contribution in [0.3, 0.4) is 0 Å². The van der Waals surface area contributed by atoms with Crippen LogP contribution in [0.1, 0.15) is 0 Å². The lowest BCUT2D eigenvalue weighted by Gasteiger charge is -2.00. The van der Waals surface area contributed by atoms with Crippen LogP contribution < -0.4 is 5.56 Å². The quantitative estimate of drug-likeness (QED) is 0.427. The van der Waals surface area contributed by atoms with Crippen molar-refractivity contribution in [2.45, 2.75) is 0 Å². The predicted molar refractivity (Wildman–Crippen MR) is 107 cm³/mol. The third-order valence-electron chi connectivity index (χ3n) is 5.77. The van der Waals surface area contributed by atoms with Crippen molar-refractivity contribution in [2.75, 3.05) is 0 Å². The molecule has 0 amide bonds. The number of benzene rings is 3. The van der Waals surface area contributed by atoms with Gasteiger partial charge in [-0.2, -0.15) is 0 Å². The number of para-hydroxylation sites is 2. The monoisotopic (exact) mass is 349 g/mol. The SMILES string of the molecule is O=c1[nH]c(O)c2c1c1c3cccc4ccn(c43)c1c1nc3ccccc3c12. The summed E-state index contributed by atoms with van der Waals surface area (Å²) in [5, 5.41) is 16.4. The summed E-state index contributed by atoms with van der Waals surface area (Å²) in [4.78, 5) is 20.3. The van der Waals surface area contributed by atoms with Crippen LogP contribution in [0, 0.1) is 0 Å². The van der Waals surface area contributed by atoms with E-state index in [1.54, 1.807) is 0 Å². The van der Waals surface area contributed by atoms with Gasteiger partial charge in [-0.15, -0.1) is 0 Å². The average Bonchev–Trinajstić information content (AvgIpc) is 3.40. The van der Waals surface area contributed by atoms with Crippen molar-refractivity contribution in [3.63, 3.8) is 0 Å². The van der Waals surface area contributed by atoms with E-state index in [0.29, 0.717) is 10.8 Å². The highest BCUT2D eigenvalue weighted by atomic mass is 16.3. The number of aromatic amines is 1. The van der Waals surface area contributed by atoms with Crippen LogP contribution >= 0.6 is 0 Å². The Bertz CT molecular complexity index is 1760. The number of hydrogen-bond acceptors (Lipinski definition) is 3. The molecule has 0 atom stereocenters. The molecule has 7 rings (SSSR count). The Morgan fingerprint density at radius 1 is 0.852 bits per heavy atom. The molecule has 5 nitrogen and oxygen atoms in total. The molecule has 5 heteroatoms. The van der Waals surface area contributed by atoms with Gasteiger partial charge < -0.3 is 9.51 Å². The van der Waals surface area contributed by atoms with E-state index in [-0.39, 0.29) is 11.4 Å². The second-order valence-electron chi connectivity index (χ2n) is 7.06. The predicted octanol–water partition coefficient (Wildman–Crippen LogP) is 4.37. The van der Waals surface area contributed by atoms with E-state index >= 15 is 0 Å². The van der Waals surface area contributed by atoms with Crippen molar-refractivity contribution in [1.29, 1.82) is 0 Å². The first-order valence-electron chi connectivity index (χ1n) is 8.77. The zero-order chi connectivity index (χ0) is 17.9. The normalized spacial score (nSPS) is 12.7. The number of aromatic hydroxyl groups is 1. The summed E-state index contributed by atoms with van der Waals surface area (Å²) >= 11 is 0. The van der Waals surface area contributed by atoms with Crippen LogP contribution in [0.15, 0.2) is 59.5 Å². The summed E-state index contributed by atoms with van der Waals surface area (Å²) in [5.74, 6) is -0.0929. The molecular weight excluding hydrogens is 338 g/mol. The van der Waals surface area contributed by atoms with Gasteiger partial charge in [0.1, 0.15) is 0 Å². The van der Waals surface area contributed by atoms with Gasteiger partial charge in [0.15, 0.2) is 5.88 Å². The molecule has 0 aliphatic heterocycles. The number of rotatable bonds is 0. The number of H-pyrrole nitrogens is 1. The molecule has 2 N–H and O–H groups in total. The van der Waals surface area contributed by atoms with Crippen molar-refractivity contribution in [2.24, 2.45) is 0 Å². The van der Waals surface area contributed by atoms with E-state index in [1.807, 2.05) is 42.6 Å². The van der Waals surface area contributed by atoms with Crippen molar-refractivity contribution in [3.8, 4) is 5.88 Å². The number of hydrogen-bond donors (Lipinski definition) is 2. The maximum Gasteiger partial charge on any atom is 0.259 e. The molecule has 0 fully saturated rings. The van der Waals surface area contributed by atoms with E-state index in [0.717, 1.165) is 49.0 Å². The summed E-state index contributed by atoms with van der Waals surface area (Å²) < 4.78 is 2.12. The van der Waals surface area contributed by atoms with Crippen LogP contribution in [0.5, 0.6) is 5.88 Å². The summed E-state index contributed by atoms with van der Waals surface area (Å²) in [6, 6.07) is 16.0. The van der Waals surface area contributed by atoms with E-state index < -0.39 is 0 Å². The summed E-state index contributed by atoms with van der Waals surface area (Å²) in [6.45, 7) is 0. The van der Waals surface area contributed by atoms with Gasteiger partial charge in [0.05, 0.1) is 32.8 Å².